The molecule has 1 saturated heterocycles. The summed E-state index contributed by atoms with van der Waals surface area (Å²) < 4.78 is 19.6. The van der Waals surface area contributed by atoms with Gasteiger partial charge < -0.3 is 19.0 Å². The number of benzene rings is 3. The second-order valence-electron chi connectivity index (χ2n) is 11.4. The van der Waals surface area contributed by atoms with Crippen LogP contribution in [0.25, 0.3) is 0 Å². The zero-order valence-electron chi connectivity index (χ0n) is 22.3. The maximum absolute atomic E-state index is 10.9. The third-order valence-corrected chi connectivity index (χ3v) is 12.4. The van der Waals surface area contributed by atoms with Crippen molar-refractivity contribution in [2.45, 2.75) is 69.9 Å². The van der Waals surface area contributed by atoms with Gasteiger partial charge in [-0.3, -0.25) is 0 Å². The van der Waals surface area contributed by atoms with E-state index in [1.54, 1.807) is 0 Å². The first-order valence-corrected chi connectivity index (χ1v) is 15.8. The van der Waals surface area contributed by atoms with Crippen molar-refractivity contribution < 1.29 is 19.0 Å². The minimum absolute atomic E-state index is 0.0193. The SMILES string of the molecule is C[C@@H]1C(O[Si](C)(C)C(C)(C)C)[C@H](O)O[C@@H]1COC(c1ccccc1)(c1ccccc1)c1ccccc1. The van der Waals surface area contributed by atoms with E-state index in [2.05, 4.69) is 77.2 Å². The molecule has 0 bridgehead atoms. The van der Waals surface area contributed by atoms with Crippen LogP contribution in [-0.4, -0.2) is 38.5 Å². The van der Waals surface area contributed by atoms with Crippen LogP contribution in [0, 0.1) is 5.92 Å². The Kier molecular flexibility index (Phi) is 7.88. The summed E-state index contributed by atoms with van der Waals surface area (Å²) in [5, 5.41) is 10.9. The van der Waals surface area contributed by atoms with Gasteiger partial charge in [0.05, 0.1) is 12.7 Å². The van der Waals surface area contributed by atoms with Gasteiger partial charge in [-0.15, -0.1) is 0 Å². The fraction of sp³-hybridized carbons (Fsp3) is 0.419. The summed E-state index contributed by atoms with van der Waals surface area (Å²) in [5.74, 6) is -0.0193. The summed E-state index contributed by atoms with van der Waals surface area (Å²) in [6.45, 7) is 13.5. The molecule has 1 heterocycles. The quantitative estimate of drug-likeness (QED) is 0.273. The summed E-state index contributed by atoms with van der Waals surface area (Å²) in [6.07, 6.45) is -1.65. The molecule has 4 atom stereocenters. The average Bonchev–Trinajstić information content (AvgIpc) is 3.13. The van der Waals surface area contributed by atoms with E-state index in [-0.39, 0.29) is 23.2 Å². The lowest BCUT2D eigenvalue weighted by Gasteiger charge is -2.40. The molecule has 3 aromatic carbocycles. The molecule has 4 rings (SSSR count). The molecule has 0 amide bonds. The highest BCUT2D eigenvalue weighted by Gasteiger charge is 2.49. The van der Waals surface area contributed by atoms with Crippen molar-refractivity contribution in [3.63, 3.8) is 0 Å². The molecule has 3 aromatic rings. The van der Waals surface area contributed by atoms with Gasteiger partial charge in [0, 0.05) is 5.92 Å². The first kappa shape index (κ1) is 26.8. The molecule has 1 N–H and O–H groups in total. The van der Waals surface area contributed by atoms with Gasteiger partial charge in [-0.05, 0) is 34.8 Å². The van der Waals surface area contributed by atoms with Gasteiger partial charge >= 0.3 is 0 Å². The molecule has 0 aliphatic carbocycles. The molecule has 0 radical (unpaired) electrons. The summed E-state index contributed by atoms with van der Waals surface area (Å²) in [7, 11) is -2.08. The Labute approximate surface area is 217 Å². The van der Waals surface area contributed by atoms with Gasteiger partial charge in [0.15, 0.2) is 14.6 Å². The largest absolute Gasteiger partial charge is 0.408 e. The monoisotopic (exact) mass is 504 g/mol. The molecule has 1 aliphatic heterocycles. The van der Waals surface area contributed by atoms with E-state index in [1.807, 2.05) is 54.6 Å². The van der Waals surface area contributed by atoms with Crippen LogP contribution in [-0.2, 0) is 19.5 Å². The molecule has 1 unspecified atom stereocenters. The number of aliphatic hydroxyl groups excluding tert-OH is 1. The lowest BCUT2D eigenvalue weighted by molar-refractivity contribution is -0.143. The van der Waals surface area contributed by atoms with Crippen LogP contribution in [0.2, 0.25) is 18.1 Å². The van der Waals surface area contributed by atoms with Gasteiger partial charge in [0.1, 0.15) is 11.7 Å². The standard InChI is InChI=1S/C31H40O4Si/c1-23-27(34-29(32)28(23)35-36(5,6)30(2,3)4)22-33-31(24-16-10-7-11-17-24,25-18-12-8-13-19-25)26-20-14-9-15-21-26/h7-21,23,27-29,32H,22H2,1-6H3/t23-,27+,28?,29+/m0/s1. The summed E-state index contributed by atoms with van der Waals surface area (Å²) >= 11 is 0. The highest BCUT2D eigenvalue weighted by atomic mass is 28.4. The van der Waals surface area contributed by atoms with E-state index in [9.17, 15) is 5.11 Å². The zero-order chi connectivity index (χ0) is 26.0. The Bertz CT molecular complexity index is 999. The third-order valence-electron chi connectivity index (χ3n) is 7.94. The Morgan fingerprint density at radius 1 is 0.778 bits per heavy atom. The summed E-state index contributed by atoms with van der Waals surface area (Å²) in [4.78, 5) is 0. The second kappa shape index (κ2) is 10.6. The van der Waals surface area contributed by atoms with Crippen molar-refractivity contribution >= 4 is 8.32 Å². The molecule has 5 heteroatoms. The van der Waals surface area contributed by atoms with Crippen molar-refractivity contribution in [1.29, 1.82) is 0 Å². The van der Waals surface area contributed by atoms with Crippen molar-refractivity contribution in [2.75, 3.05) is 6.61 Å². The molecule has 0 saturated carbocycles. The maximum atomic E-state index is 10.9. The van der Waals surface area contributed by atoms with Crippen LogP contribution < -0.4 is 0 Å². The first-order chi connectivity index (χ1) is 17.1. The van der Waals surface area contributed by atoms with Crippen LogP contribution in [0.4, 0.5) is 0 Å². The number of hydrogen-bond donors (Lipinski definition) is 1. The molecule has 1 fully saturated rings. The Morgan fingerprint density at radius 3 is 1.58 bits per heavy atom. The fourth-order valence-corrected chi connectivity index (χ4v) is 6.07. The molecule has 36 heavy (non-hydrogen) atoms. The Balaban J connectivity index is 1.67. The predicted molar refractivity (Wildman–Crippen MR) is 147 cm³/mol. The van der Waals surface area contributed by atoms with Crippen molar-refractivity contribution in [2.24, 2.45) is 5.92 Å². The van der Waals surface area contributed by atoms with E-state index < -0.39 is 20.2 Å². The smallest absolute Gasteiger partial charge is 0.192 e. The highest BCUT2D eigenvalue weighted by molar-refractivity contribution is 6.74. The number of ether oxygens (including phenoxy) is 2. The molecule has 0 spiro atoms. The topological polar surface area (TPSA) is 47.9 Å². The van der Waals surface area contributed by atoms with Gasteiger partial charge in [0.2, 0.25) is 0 Å². The number of aliphatic hydroxyl groups is 1. The van der Waals surface area contributed by atoms with E-state index in [0.717, 1.165) is 16.7 Å². The minimum atomic E-state index is -2.08. The van der Waals surface area contributed by atoms with Crippen molar-refractivity contribution in [3.8, 4) is 0 Å². The molecule has 4 nitrogen and oxygen atoms in total. The third kappa shape index (κ3) is 5.22. The summed E-state index contributed by atoms with van der Waals surface area (Å²) in [6, 6.07) is 31.0. The van der Waals surface area contributed by atoms with Crippen LogP contribution in [0.5, 0.6) is 0 Å². The Morgan fingerprint density at radius 2 is 1.19 bits per heavy atom. The van der Waals surface area contributed by atoms with Gasteiger partial charge in [-0.1, -0.05) is 119 Å². The van der Waals surface area contributed by atoms with E-state index in [1.165, 1.54) is 0 Å². The van der Waals surface area contributed by atoms with Crippen molar-refractivity contribution in [1.82, 2.24) is 0 Å². The molecule has 1 aliphatic rings. The average molecular weight is 505 g/mol. The van der Waals surface area contributed by atoms with E-state index in [4.69, 9.17) is 13.9 Å². The second-order valence-corrected chi connectivity index (χ2v) is 16.1. The zero-order valence-corrected chi connectivity index (χ0v) is 23.3. The Hall–Kier alpha value is -2.28. The van der Waals surface area contributed by atoms with Crippen LogP contribution >= 0.6 is 0 Å². The minimum Gasteiger partial charge on any atom is -0.408 e. The number of rotatable bonds is 8. The van der Waals surface area contributed by atoms with Crippen LogP contribution in [0.3, 0.4) is 0 Å². The van der Waals surface area contributed by atoms with Crippen LogP contribution in [0.1, 0.15) is 44.4 Å². The van der Waals surface area contributed by atoms with Gasteiger partial charge in [-0.2, -0.15) is 0 Å². The maximum Gasteiger partial charge on any atom is 0.192 e. The van der Waals surface area contributed by atoms with E-state index in [0.29, 0.717) is 6.61 Å². The molecular weight excluding hydrogens is 464 g/mol. The fourth-order valence-electron chi connectivity index (χ4n) is 4.70. The normalized spacial score (nSPS) is 23.1. The van der Waals surface area contributed by atoms with Crippen molar-refractivity contribution in [3.05, 3.63) is 108 Å². The van der Waals surface area contributed by atoms with Gasteiger partial charge in [-0.25, -0.2) is 0 Å². The van der Waals surface area contributed by atoms with Gasteiger partial charge in [0.25, 0.3) is 0 Å². The summed E-state index contributed by atoms with van der Waals surface area (Å²) in [5.41, 5.74) is 2.31. The number of hydrogen-bond acceptors (Lipinski definition) is 4. The van der Waals surface area contributed by atoms with E-state index >= 15 is 0 Å². The molecule has 0 aromatic heterocycles. The molecular formula is C31H40O4Si. The predicted octanol–water partition coefficient (Wildman–Crippen LogP) is 6.74. The molecule has 192 valence electrons. The lowest BCUT2D eigenvalue weighted by atomic mass is 9.80. The highest BCUT2D eigenvalue weighted by Crippen LogP contribution is 2.43. The lowest BCUT2D eigenvalue weighted by Crippen LogP contribution is -2.47. The first-order valence-electron chi connectivity index (χ1n) is 12.9. The van der Waals surface area contributed by atoms with Crippen LogP contribution in [0.15, 0.2) is 91.0 Å².